The third-order valence-corrected chi connectivity index (χ3v) is 5.69. The molecular weight excluding hydrogens is 445 g/mol. The minimum absolute atomic E-state index is 0.0704. The van der Waals surface area contributed by atoms with Gasteiger partial charge in [0.1, 0.15) is 28.0 Å². The molecule has 0 saturated heterocycles. The van der Waals surface area contributed by atoms with Gasteiger partial charge in [0.2, 0.25) is 0 Å². The average molecular weight is 455 g/mol. The van der Waals surface area contributed by atoms with Crippen molar-refractivity contribution in [1.29, 1.82) is 5.26 Å². The van der Waals surface area contributed by atoms with Gasteiger partial charge < -0.3 is 8.92 Å². The molecule has 3 aromatic carbocycles. The number of hydrogen-bond donors (Lipinski definition) is 0. The van der Waals surface area contributed by atoms with E-state index < -0.39 is 10.1 Å². The molecule has 0 heterocycles. The molecule has 5 nitrogen and oxygen atoms in total. The van der Waals surface area contributed by atoms with Gasteiger partial charge in [-0.2, -0.15) is 13.7 Å². The van der Waals surface area contributed by atoms with E-state index in [0.29, 0.717) is 5.75 Å². The lowest BCUT2D eigenvalue weighted by atomic mass is 10.2. The number of hydrogen-bond acceptors (Lipinski definition) is 5. The van der Waals surface area contributed by atoms with Gasteiger partial charge in [-0.05, 0) is 48.5 Å². The van der Waals surface area contributed by atoms with E-state index >= 15 is 0 Å². The third-order valence-electron chi connectivity index (χ3n) is 3.54. The van der Waals surface area contributed by atoms with E-state index in [9.17, 15) is 13.7 Å². The second kappa shape index (κ2) is 8.29. The van der Waals surface area contributed by atoms with Crippen molar-refractivity contribution in [1.82, 2.24) is 0 Å². The summed E-state index contributed by atoms with van der Waals surface area (Å²) in [6.07, 6.45) is 0. The normalized spacial score (nSPS) is 10.9. The van der Waals surface area contributed by atoms with Crippen LogP contribution in [0.3, 0.4) is 0 Å². The molecule has 0 aliphatic carbocycles. The van der Waals surface area contributed by atoms with Crippen LogP contribution in [0, 0.1) is 11.3 Å². The molecule has 0 atom stereocenters. The van der Waals surface area contributed by atoms with Crippen LogP contribution in [0.15, 0.2) is 65.6 Å². The van der Waals surface area contributed by atoms with Gasteiger partial charge in [-0.1, -0.05) is 46.9 Å². The SMILES string of the molecule is N#Cc1c(Cl)cccc1Oc1ccc(S(=O)(=O)Oc2c(Cl)cccc2Cl)cc1. The lowest BCUT2D eigenvalue weighted by Crippen LogP contribution is -2.10. The zero-order chi connectivity index (χ0) is 20.3. The van der Waals surface area contributed by atoms with E-state index in [4.69, 9.17) is 43.7 Å². The summed E-state index contributed by atoms with van der Waals surface area (Å²) < 4.78 is 35.6. The molecule has 0 fully saturated rings. The number of nitrogens with zero attached hydrogens (tertiary/aromatic N) is 1. The highest BCUT2D eigenvalue weighted by Gasteiger charge is 2.20. The third kappa shape index (κ3) is 4.34. The van der Waals surface area contributed by atoms with Crippen molar-refractivity contribution in [2.45, 2.75) is 4.90 Å². The number of nitriles is 1. The molecule has 0 amide bonds. The summed E-state index contributed by atoms with van der Waals surface area (Å²) in [6, 6.07) is 16.7. The van der Waals surface area contributed by atoms with E-state index in [-0.39, 0.29) is 37.0 Å². The van der Waals surface area contributed by atoms with E-state index in [1.807, 2.05) is 6.07 Å². The fraction of sp³-hybridized carbons (Fsp3) is 0. The van der Waals surface area contributed by atoms with Crippen LogP contribution < -0.4 is 8.92 Å². The first-order chi connectivity index (χ1) is 13.3. The van der Waals surface area contributed by atoms with Gasteiger partial charge in [-0.25, -0.2) is 0 Å². The highest BCUT2D eigenvalue weighted by Crippen LogP contribution is 2.35. The highest BCUT2D eigenvalue weighted by atomic mass is 35.5. The maximum absolute atomic E-state index is 12.5. The topological polar surface area (TPSA) is 76.4 Å². The summed E-state index contributed by atoms with van der Waals surface area (Å²) in [5.74, 6) is 0.418. The summed E-state index contributed by atoms with van der Waals surface area (Å²) in [4.78, 5) is -0.123. The standard InChI is InChI=1S/C19H10Cl3NO4S/c20-15-3-2-6-18(14(15)11-23)26-12-7-9-13(10-8-12)28(24,25)27-19-16(21)4-1-5-17(19)22/h1-10H. The molecule has 28 heavy (non-hydrogen) atoms. The van der Waals surface area contributed by atoms with E-state index in [0.717, 1.165) is 0 Å². The highest BCUT2D eigenvalue weighted by molar-refractivity contribution is 7.87. The van der Waals surface area contributed by atoms with Crippen molar-refractivity contribution >= 4 is 44.9 Å². The number of ether oxygens (including phenoxy) is 1. The van der Waals surface area contributed by atoms with Gasteiger partial charge in [-0.3, -0.25) is 0 Å². The van der Waals surface area contributed by atoms with E-state index in [1.54, 1.807) is 24.3 Å². The molecule has 9 heteroatoms. The average Bonchev–Trinajstić information content (AvgIpc) is 2.66. The summed E-state index contributed by atoms with van der Waals surface area (Å²) in [5, 5.41) is 9.58. The summed E-state index contributed by atoms with van der Waals surface area (Å²) in [5.41, 5.74) is 0.178. The Morgan fingerprint density at radius 3 is 2.00 bits per heavy atom. The van der Waals surface area contributed by atoms with Crippen molar-refractivity contribution in [3.05, 3.63) is 81.3 Å². The zero-order valence-electron chi connectivity index (χ0n) is 13.9. The Morgan fingerprint density at radius 1 is 0.821 bits per heavy atom. The predicted molar refractivity (Wildman–Crippen MR) is 107 cm³/mol. The number of rotatable bonds is 5. The van der Waals surface area contributed by atoms with Crippen molar-refractivity contribution < 1.29 is 17.3 Å². The number of halogens is 3. The first kappa shape index (κ1) is 20.3. The van der Waals surface area contributed by atoms with Gasteiger partial charge in [0.25, 0.3) is 0 Å². The fourth-order valence-electron chi connectivity index (χ4n) is 2.22. The Morgan fingerprint density at radius 2 is 1.39 bits per heavy atom. The van der Waals surface area contributed by atoms with Crippen molar-refractivity contribution in [3.8, 4) is 23.3 Å². The molecule has 0 saturated carbocycles. The lowest BCUT2D eigenvalue weighted by molar-refractivity contribution is 0.478. The summed E-state index contributed by atoms with van der Waals surface area (Å²) >= 11 is 17.9. The van der Waals surface area contributed by atoms with Crippen LogP contribution in [-0.4, -0.2) is 8.42 Å². The van der Waals surface area contributed by atoms with Gasteiger partial charge in [0.15, 0.2) is 5.75 Å². The van der Waals surface area contributed by atoms with E-state index in [2.05, 4.69) is 0 Å². The molecule has 0 N–H and O–H groups in total. The first-order valence-electron chi connectivity index (χ1n) is 7.67. The number of para-hydroxylation sites is 1. The molecule has 0 aromatic heterocycles. The zero-order valence-corrected chi connectivity index (χ0v) is 17.0. The Labute approximate surface area is 176 Å². The summed E-state index contributed by atoms with van der Waals surface area (Å²) in [7, 11) is -4.17. The van der Waals surface area contributed by atoms with Gasteiger partial charge >= 0.3 is 10.1 Å². The van der Waals surface area contributed by atoms with Crippen LogP contribution in [0.25, 0.3) is 0 Å². The summed E-state index contributed by atoms with van der Waals surface area (Å²) in [6.45, 7) is 0. The molecule has 142 valence electrons. The second-order valence-corrected chi connectivity index (χ2v) is 8.15. The molecule has 0 bridgehead atoms. The Kier molecular flexibility index (Phi) is 6.01. The molecule has 0 aliphatic heterocycles. The van der Waals surface area contributed by atoms with Crippen molar-refractivity contribution in [3.63, 3.8) is 0 Å². The maximum Gasteiger partial charge on any atom is 0.339 e. The molecule has 0 spiro atoms. The number of benzene rings is 3. The lowest BCUT2D eigenvalue weighted by Gasteiger charge is -2.11. The van der Waals surface area contributed by atoms with Crippen LogP contribution in [-0.2, 0) is 10.1 Å². The Hall–Kier alpha value is -2.43. The smallest absolute Gasteiger partial charge is 0.339 e. The van der Waals surface area contributed by atoms with Gasteiger partial charge in [0, 0.05) is 0 Å². The van der Waals surface area contributed by atoms with Crippen molar-refractivity contribution in [2.24, 2.45) is 0 Å². The van der Waals surface area contributed by atoms with Crippen LogP contribution >= 0.6 is 34.8 Å². The van der Waals surface area contributed by atoms with Crippen LogP contribution in [0.2, 0.25) is 15.1 Å². The molecule has 3 rings (SSSR count). The Balaban J connectivity index is 1.85. The Bertz CT molecular complexity index is 1150. The quantitative estimate of drug-likeness (QED) is 0.437. The second-order valence-electron chi connectivity index (χ2n) is 5.39. The minimum atomic E-state index is -4.17. The first-order valence-corrected chi connectivity index (χ1v) is 10.2. The van der Waals surface area contributed by atoms with Crippen LogP contribution in [0.1, 0.15) is 5.56 Å². The fourth-order valence-corrected chi connectivity index (χ4v) is 3.96. The molecular formula is C19H10Cl3NO4S. The molecule has 0 radical (unpaired) electrons. The van der Waals surface area contributed by atoms with Gasteiger partial charge in [0.05, 0.1) is 15.1 Å². The maximum atomic E-state index is 12.5. The monoisotopic (exact) mass is 453 g/mol. The van der Waals surface area contributed by atoms with Crippen LogP contribution in [0.4, 0.5) is 0 Å². The molecule has 3 aromatic rings. The largest absolute Gasteiger partial charge is 0.456 e. The van der Waals surface area contributed by atoms with Crippen LogP contribution in [0.5, 0.6) is 17.2 Å². The predicted octanol–water partition coefficient (Wildman–Crippen LogP) is 6.08. The molecule has 0 aliphatic rings. The molecule has 0 unspecified atom stereocenters. The van der Waals surface area contributed by atoms with Crippen molar-refractivity contribution in [2.75, 3.05) is 0 Å². The minimum Gasteiger partial charge on any atom is -0.456 e. The van der Waals surface area contributed by atoms with Gasteiger partial charge in [-0.15, -0.1) is 0 Å². The van der Waals surface area contributed by atoms with E-state index in [1.165, 1.54) is 36.4 Å².